The van der Waals surface area contributed by atoms with Gasteiger partial charge in [0.15, 0.2) is 6.04 Å². The number of carboxylic acid groups (broad SMARTS) is 1. The van der Waals surface area contributed by atoms with Gasteiger partial charge in [0.05, 0.1) is 5.41 Å². The molecule has 0 heterocycles. The lowest BCUT2D eigenvalue weighted by molar-refractivity contribution is -0.143. The second kappa shape index (κ2) is 6.03. The maximum Gasteiger partial charge on any atom is 0.328 e. The number of amides is 1. The smallest absolute Gasteiger partial charge is 0.328 e. The monoisotopic (exact) mass is 279 g/mol. The molecule has 2 N–H and O–H groups in total. The van der Waals surface area contributed by atoms with Gasteiger partial charge in [-0.15, -0.1) is 0 Å². The van der Waals surface area contributed by atoms with Crippen LogP contribution < -0.4 is 5.32 Å². The van der Waals surface area contributed by atoms with E-state index in [4.69, 9.17) is 5.11 Å². The van der Waals surface area contributed by atoms with E-state index in [0.717, 1.165) is 18.4 Å². The molecule has 1 unspecified atom stereocenters. The quantitative estimate of drug-likeness (QED) is 0.866. The molecule has 0 spiro atoms. The molecule has 4 nitrogen and oxygen atoms in total. The van der Waals surface area contributed by atoms with Gasteiger partial charge >= 0.3 is 5.97 Å². The van der Waals surface area contributed by atoms with E-state index in [1.165, 1.54) is 0 Å². The van der Waals surface area contributed by atoms with Crippen LogP contribution in [0.1, 0.15) is 31.2 Å². The zero-order chi connectivity index (χ0) is 14.6. The number of carbonyl (C=O) groups is 2. The molecule has 1 aromatic rings. The van der Waals surface area contributed by atoms with Crippen molar-refractivity contribution in [1.29, 1.82) is 0 Å². The Bertz CT molecular complexity index is 483. The summed E-state index contributed by atoms with van der Waals surface area (Å²) in [7, 11) is 0. The first kappa shape index (κ1) is 14.5. The van der Waals surface area contributed by atoms with E-state index in [2.05, 4.69) is 5.32 Å². The van der Waals surface area contributed by atoms with Crippen molar-refractivity contribution < 1.29 is 19.1 Å². The van der Waals surface area contributed by atoms with E-state index in [0.29, 0.717) is 12.8 Å². The lowest BCUT2D eigenvalue weighted by Crippen LogP contribution is -2.50. The summed E-state index contributed by atoms with van der Waals surface area (Å²) in [5.74, 6) is -1.73. The summed E-state index contributed by atoms with van der Waals surface area (Å²) in [5, 5.41) is 11.2. The summed E-state index contributed by atoms with van der Waals surface area (Å²) in [6.07, 6.45) is 3.16. The lowest BCUT2D eigenvalue weighted by Gasteiger charge is -2.29. The van der Waals surface area contributed by atoms with Crippen LogP contribution in [-0.4, -0.2) is 29.7 Å². The van der Waals surface area contributed by atoms with Crippen LogP contribution in [0.25, 0.3) is 0 Å². The number of rotatable bonds is 5. The number of halogens is 1. The van der Waals surface area contributed by atoms with Gasteiger partial charge in [0.2, 0.25) is 5.91 Å². The van der Waals surface area contributed by atoms with Crippen LogP contribution >= 0.6 is 0 Å². The van der Waals surface area contributed by atoms with Crippen molar-refractivity contribution in [3.05, 3.63) is 35.9 Å². The molecule has 5 heteroatoms. The predicted octanol–water partition coefficient (Wildman–Crippen LogP) is 2.04. The maximum absolute atomic E-state index is 12.7. The van der Waals surface area contributed by atoms with Crippen LogP contribution in [0.15, 0.2) is 30.3 Å². The van der Waals surface area contributed by atoms with E-state index in [-0.39, 0.29) is 5.91 Å². The SMILES string of the molecule is O=C(O)C(CF)NC(=O)C1(c2ccccc2)CCCC1. The summed E-state index contributed by atoms with van der Waals surface area (Å²) in [5.41, 5.74) is 0.155. The van der Waals surface area contributed by atoms with Gasteiger partial charge in [0, 0.05) is 0 Å². The van der Waals surface area contributed by atoms with Gasteiger partial charge in [0.25, 0.3) is 0 Å². The van der Waals surface area contributed by atoms with Gasteiger partial charge < -0.3 is 10.4 Å². The van der Waals surface area contributed by atoms with Crippen LogP contribution in [-0.2, 0) is 15.0 Å². The number of carbonyl (C=O) groups excluding carboxylic acids is 1. The van der Waals surface area contributed by atoms with E-state index < -0.39 is 24.1 Å². The zero-order valence-electron chi connectivity index (χ0n) is 11.1. The molecular formula is C15H18FNO3. The summed E-state index contributed by atoms with van der Waals surface area (Å²) in [6.45, 7) is -1.11. The highest BCUT2D eigenvalue weighted by atomic mass is 19.1. The topological polar surface area (TPSA) is 66.4 Å². The fourth-order valence-corrected chi connectivity index (χ4v) is 2.85. The Morgan fingerprint density at radius 2 is 1.85 bits per heavy atom. The summed E-state index contributed by atoms with van der Waals surface area (Å²) in [4.78, 5) is 23.4. The molecule has 0 radical (unpaired) electrons. The van der Waals surface area contributed by atoms with Gasteiger partial charge in [-0.3, -0.25) is 4.79 Å². The molecule has 2 rings (SSSR count). The Kier molecular flexibility index (Phi) is 4.37. The number of benzene rings is 1. The molecule has 0 aromatic heterocycles. The lowest BCUT2D eigenvalue weighted by atomic mass is 9.78. The number of carboxylic acids is 1. The van der Waals surface area contributed by atoms with Gasteiger partial charge in [-0.05, 0) is 18.4 Å². The molecule has 0 bridgehead atoms. The molecule has 0 saturated heterocycles. The molecule has 1 atom stereocenters. The summed E-state index contributed by atoms with van der Waals surface area (Å²) < 4.78 is 12.7. The first-order valence-electron chi connectivity index (χ1n) is 6.75. The van der Waals surface area contributed by atoms with Crippen LogP contribution in [0.3, 0.4) is 0 Å². The Labute approximate surface area is 117 Å². The standard InChI is InChI=1S/C15H18FNO3/c16-10-12(13(18)19)17-14(20)15(8-4-5-9-15)11-6-2-1-3-7-11/h1-3,6-7,12H,4-5,8-10H2,(H,17,20)(H,18,19). The van der Waals surface area contributed by atoms with E-state index in [9.17, 15) is 14.0 Å². The van der Waals surface area contributed by atoms with Crippen molar-refractivity contribution in [3.8, 4) is 0 Å². The molecule has 1 amide bonds. The fourth-order valence-electron chi connectivity index (χ4n) is 2.85. The first-order chi connectivity index (χ1) is 9.60. The van der Waals surface area contributed by atoms with Crippen LogP contribution in [0.4, 0.5) is 4.39 Å². The van der Waals surface area contributed by atoms with Crippen molar-refractivity contribution in [2.24, 2.45) is 0 Å². The van der Waals surface area contributed by atoms with Crippen molar-refractivity contribution >= 4 is 11.9 Å². The number of hydrogen-bond acceptors (Lipinski definition) is 2. The fraction of sp³-hybridized carbons (Fsp3) is 0.467. The normalized spacial score (nSPS) is 18.4. The third kappa shape index (κ3) is 2.66. The second-order valence-electron chi connectivity index (χ2n) is 5.17. The summed E-state index contributed by atoms with van der Waals surface area (Å²) >= 11 is 0. The third-order valence-electron chi connectivity index (χ3n) is 3.98. The molecule has 1 fully saturated rings. The highest BCUT2D eigenvalue weighted by Gasteiger charge is 2.43. The predicted molar refractivity (Wildman–Crippen MR) is 72.1 cm³/mol. The Morgan fingerprint density at radius 1 is 1.25 bits per heavy atom. The maximum atomic E-state index is 12.7. The minimum atomic E-state index is -1.47. The third-order valence-corrected chi connectivity index (χ3v) is 3.98. The average molecular weight is 279 g/mol. The van der Waals surface area contributed by atoms with Crippen LogP contribution in [0.2, 0.25) is 0 Å². The average Bonchev–Trinajstić information content (AvgIpc) is 2.96. The molecular weight excluding hydrogens is 261 g/mol. The van der Waals surface area contributed by atoms with Crippen LogP contribution in [0, 0.1) is 0 Å². The van der Waals surface area contributed by atoms with E-state index >= 15 is 0 Å². The van der Waals surface area contributed by atoms with Crippen molar-refractivity contribution in [2.45, 2.75) is 37.1 Å². The molecule has 1 aromatic carbocycles. The van der Waals surface area contributed by atoms with Crippen molar-refractivity contribution in [2.75, 3.05) is 6.67 Å². The van der Waals surface area contributed by atoms with Crippen LogP contribution in [0.5, 0.6) is 0 Å². The molecule has 20 heavy (non-hydrogen) atoms. The van der Waals surface area contributed by atoms with Gasteiger partial charge in [-0.2, -0.15) is 0 Å². The first-order valence-corrected chi connectivity index (χ1v) is 6.75. The Balaban J connectivity index is 2.25. The molecule has 108 valence electrons. The number of aliphatic carboxylic acids is 1. The Morgan fingerprint density at radius 3 is 2.35 bits per heavy atom. The van der Waals surface area contributed by atoms with Crippen molar-refractivity contribution in [1.82, 2.24) is 5.32 Å². The molecule has 1 aliphatic carbocycles. The molecule has 1 aliphatic rings. The molecule has 1 saturated carbocycles. The minimum Gasteiger partial charge on any atom is -0.480 e. The summed E-state index contributed by atoms with van der Waals surface area (Å²) in [6, 6.07) is 7.85. The zero-order valence-corrected chi connectivity index (χ0v) is 11.1. The van der Waals surface area contributed by atoms with Gasteiger partial charge in [-0.1, -0.05) is 43.2 Å². The second-order valence-corrected chi connectivity index (χ2v) is 5.17. The van der Waals surface area contributed by atoms with Gasteiger partial charge in [-0.25, -0.2) is 9.18 Å². The highest BCUT2D eigenvalue weighted by molar-refractivity contribution is 5.91. The highest BCUT2D eigenvalue weighted by Crippen LogP contribution is 2.41. The van der Waals surface area contributed by atoms with E-state index in [1.807, 2.05) is 30.3 Å². The number of hydrogen-bond donors (Lipinski definition) is 2. The number of alkyl halides is 1. The van der Waals surface area contributed by atoms with Crippen molar-refractivity contribution in [3.63, 3.8) is 0 Å². The number of nitrogens with one attached hydrogen (secondary N) is 1. The minimum absolute atomic E-state index is 0.383. The Hall–Kier alpha value is -1.91. The largest absolute Gasteiger partial charge is 0.480 e. The van der Waals surface area contributed by atoms with Gasteiger partial charge in [0.1, 0.15) is 6.67 Å². The molecule has 0 aliphatic heterocycles. The van der Waals surface area contributed by atoms with E-state index in [1.54, 1.807) is 0 Å².